The molecule has 2 unspecified atom stereocenters. The lowest BCUT2D eigenvalue weighted by Gasteiger charge is -2.35. The molecule has 1 fully saturated rings. The zero-order valence-corrected chi connectivity index (χ0v) is 10.9. The number of nitrogens with two attached hydrogens (primary N) is 1. The molecule has 5 nitrogen and oxygen atoms in total. The first-order valence-electron chi connectivity index (χ1n) is 6.25. The molecule has 0 aromatic rings. The molecule has 2 atom stereocenters. The highest BCUT2D eigenvalue weighted by molar-refractivity contribution is 5.85. The number of hydrogen-bond acceptors (Lipinski definition) is 3. The fraction of sp³-hybridized carbons (Fsp3) is 0.833. The molecule has 17 heavy (non-hydrogen) atoms. The molecule has 5 heteroatoms. The summed E-state index contributed by atoms with van der Waals surface area (Å²) in [6.45, 7) is 6.80. The van der Waals surface area contributed by atoms with Gasteiger partial charge in [0.25, 0.3) is 0 Å². The third kappa shape index (κ3) is 3.70. The van der Waals surface area contributed by atoms with E-state index in [9.17, 15) is 9.59 Å². The van der Waals surface area contributed by atoms with Gasteiger partial charge in [-0.3, -0.25) is 9.59 Å². The van der Waals surface area contributed by atoms with Gasteiger partial charge in [-0.05, 0) is 40.2 Å². The van der Waals surface area contributed by atoms with Gasteiger partial charge in [-0.2, -0.15) is 0 Å². The van der Waals surface area contributed by atoms with Gasteiger partial charge in [0.1, 0.15) is 0 Å². The van der Waals surface area contributed by atoms with Crippen molar-refractivity contribution in [3.63, 3.8) is 0 Å². The minimum Gasteiger partial charge on any atom is -0.368 e. The van der Waals surface area contributed by atoms with E-state index in [-0.39, 0.29) is 30.5 Å². The van der Waals surface area contributed by atoms with Crippen LogP contribution in [0.4, 0.5) is 0 Å². The lowest BCUT2D eigenvalue weighted by molar-refractivity contribution is -0.142. The third-order valence-corrected chi connectivity index (χ3v) is 3.31. The fourth-order valence-corrected chi connectivity index (χ4v) is 2.28. The number of carbonyl (C=O) groups excluding carboxylic acids is 2. The zero-order chi connectivity index (χ0) is 13.0. The van der Waals surface area contributed by atoms with Crippen molar-refractivity contribution in [2.45, 2.75) is 45.7 Å². The predicted molar refractivity (Wildman–Crippen MR) is 66.2 cm³/mol. The molecule has 0 saturated carbocycles. The summed E-state index contributed by atoms with van der Waals surface area (Å²) in [4.78, 5) is 24.9. The highest BCUT2D eigenvalue weighted by atomic mass is 16.2. The molecule has 1 rings (SSSR count). The SMILES string of the molecule is CC1NCCCC1C(=O)N(CC(N)=O)C(C)C. The average Bonchev–Trinajstić information content (AvgIpc) is 2.25. The van der Waals surface area contributed by atoms with Crippen LogP contribution in [0.25, 0.3) is 0 Å². The molecule has 0 spiro atoms. The van der Waals surface area contributed by atoms with Gasteiger partial charge in [0.2, 0.25) is 11.8 Å². The summed E-state index contributed by atoms with van der Waals surface area (Å²) in [6, 6.07) is 0.175. The summed E-state index contributed by atoms with van der Waals surface area (Å²) in [7, 11) is 0. The summed E-state index contributed by atoms with van der Waals surface area (Å²) in [5.74, 6) is -0.451. The first kappa shape index (κ1) is 14.0. The normalized spacial score (nSPS) is 24.7. The van der Waals surface area contributed by atoms with Gasteiger partial charge in [-0.1, -0.05) is 0 Å². The Hall–Kier alpha value is -1.10. The van der Waals surface area contributed by atoms with Crippen LogP contribution in [-0.4, -0.2) is 41.9 Å². The number of nitrogens with one attached hydrogen (secondary N) is 1. The van der Waals surface area contributed by atoms with Crippen LogP contribution in [0.15, 0.2) is 0 Å². The topological polar surface area (TPSA) is 75.4 Å². The highest BCUT2D eigenvalue weighted by Gasteiger charge is 2.32. The molecule has 2 amide bonds. The molecule has 1 aliphatic rings. The minimum absolute atomic E-state index is 0.00382. The maximum Gasteiger partial charge on any atom is 0.237 e. The van der Waals surface area contributed by atoms with Crippen molar-refractivity contribution in [1.29, 1.82) is 0 Å². The Labute approximate surface area is 103 Å². The minimum atomic E-state index is -0.455. The van der Waals surface area contributed by atoms with Crippen LogP contribution in [0.2, 0.25) is 0 Å². The molecule has 0 bridgehead atoms. The maximum atomic E-state index is 12.4. The lowest BCUT2D eigenvalue weighted by Crippen LogP contribution is -2.51. The number of rotatable bonds is 4. The molecule has 1 saturated heterocycles. The van der Waals surface area contributed by atoms with E-state index in [1.807, 2.05) is 20.8 Å². The second kappa shape index (κ2) is 6.00. The van der Waals surface area contributed by atoms with Crippen LogP contribution in [-0.2, 0) is 9.59 Å². The Morgan fingerprint density at radius 1 is 1.47 bits per heavy atom. The molecular formula is C12H23N3O2. The number of amides is 2. The molecule has 98 valence electrons. The van der Waals surface area contributed by atoms with E-state index < -0.39 is 5.91 Å². The first-order valence-corrected chi connectivity index (χ1v) is 6.25. The van der Waals surface area contributed by atoms with Crippen LogP contribution in [0.5, 0.6) is 0 Å². The largest absolute Gasteiger partial charge is 0.368 e. The van der Waals surface area contributed by atoms with Crippen molar-refractivity contribution >= 4 is 11.8 Å². The Morgan fingerprint density at radius 3 is 2.59 bits per heavy atom. The predicted octanol–water partition coefficient (Wildman–Crippen LogP) is 0.0968. The molecule has 0 radical (unpaired) electrons. The molecule has 1 heterocycles. The number of nitrogens with zero attached hydrogens (tertiary/aromatic N) is 1. The van der Waals surface area contributed by atoms with Crippen molar-refractivity contribution in [2.24, 2.45) is 11.7 Å². The van der Waals surface area contributed by atoms with Crippen molar-refractivity contribution in [2.75, 3.05) is 13.1 Å². The monoisotopic (exact) mass is 241 g/mol. The Kier molecular flexibility index (Phi) is 4.93. The third-order valence-electron chi connectivity index (χ3n) is 3.31. The van der Waals surface area contributed by atoms with Gasteiger partial charge in [0.05, 0.1) is 12.5 Å². The van der Waals surface area contributed by atoms with Gasteiger partial charge in [-0.15, -0.1) is 0 Å². The van der Waals surface area contributed by atoms with Crippen LogP contribution in [0.3, 0.4) is 0 Å². The van der Waals surface area contributed by atoms with Gasteiger partial charge in [0.15, 0.2) is 0 Å². The van der Waals surface area contributed by atoms with E-state index in [1.54, 1.807) is 4.90 Å². The second-order valence-corrected chi connectivity index (χ2v) is 5.02. The smallest absolute Gasteiger partial charge is 0.237 e. The summed E-state index contributed by atoms with van der Waals surface area (Å²) < 4.78 is 0. The fourth-order valence-electron chi connectivity index (χ4n) is 2.28. The lowest BCUT2D eigenvalue weighted by atomic mass is 9.90. The molecule has 1 aliphatic heterocycles. The Morgan fingerprint density at radius 2 is 2.12 bits per heavy atom. The van der Waals surface area contributed by atoms with E-state index in [1.165, 1.54) is 0 Å². The van der Waals surface area contributed by atoms with Gasteiger partial charge < -0.3 is 16.0 Å². The van der Waals surface area contributed by atoms with E-state index in [0.29, 0.717) is 0 Å². The van der Waals surface area contributed by atoms with Crippen molar-refractivity contribution in [1.82, 2.24) is 10.2 Å². The summed E-state index contributed by atoms with van der Waals surface area (Å²) in [5.41, 5.74) is 5.18. The van der Waals surface area contributed by atoms with Crippen LogP contribution >= 0.6 is 0 Å². The number of hydrogen-bond donors (Lipinski definition) is 2. The van der Waals surface area contributed by atoms with E-state index >= 15 is 0 Å². The quantitative estimate of drug-likeness (QED) is 0.733. The second-order valence-electron chi connectivity index (χ2n) is 5.02. The highest BCUT2D eigenvalue weighted by Crippen LogP contribution is 2.20. The molecule has 3 N–H and O–H groups in total. The van der Waals surface area contributed by atoms with Crippen LogP contribution in [0, 0.1) is 5.92 Å². The maximum absolute atomic E-state index is 12.4. The summed E-state index contributed by atoms with van der Waals surface area (Å²) in [6.07, 6.45) is 1.89. The molecular weight excluding hydrogens is 218 g/mol. The Balaban J connectivity index is 2.72. The van der Waals surface area contributed by atoms with E-state index in [0.717, 1.165) is 19.4 Å². The standard InChI is InChI=1S/C12H23N3O2/c1-8(2)15(7-11(13)16)12(17)10-5-4-6-14-9(10)3/h8-10,14H,4-7H2,1-3H3,(H2,13,16). The van der Waals surface area contributed by atoms with Crippen molar-refractivity contribution < 1.29 is 9.59 Å². The van der Waals surface area contributed by atoms with Gasteiger partial charge in [-0.25, -0.2) is 0 Å². The molecule has 0 aromatic heterocycles. The zero-order valence-electron chi connectivity index (χ0n) is 10.9. The summed E-state index contributed by atoms with van der Waals surface area (Å²) in [5, 5.41) is 3.30. The van der Waals surface area contributed by atoms with Gasteiger partial charge in [0, 0.05) is 12.1 Å². The number of carbonyl (C=O) groups is 2. The molecule has 0 aliphatic carbocycles. The average molecular weight is 241 g/mol. The Bertz CT molecular complexity index is 291. The van der Waals surface area contributed by atoms with Gasteiger partial charge >= 0.3 is 0 Å². The van der Waals surface area contributed by atoms with E-state index in [2.05, 4.69) is 5.32 Å². The summed E-state index contributed by atoms with van der Waals surface area (Å²) >= 11 is 0. The van der Waals surface area contributed by atoms with Crippen molar-refractivity contribution in [3.8, 4) is 0 Å². The number of primary amides is 1. The molecule has 0 aromatic carbocycles. The number of piperidine rings is 1. The van der Waals surface area contributed by atoms with Crippen LogP contribution in [0.1, 0.15) is 33.6 Å². The van der Waals surface area contributed by atoms with Crippen LogP contribution < -0.4 is 11.1 Å². The van der Waals surface area contributed by atoms with E-state index in [4.69, 9.17) is 5.73 Å². The van der Waals surface area contributed by atoms with Crippen molar-refractivity contribution in [3.05, 3.63) is 0 Å². The first-order chi connectivity index (χ1) is 7.93.